The van der Waals surface area contributed by atoms with E-state index in [1.54, 1.807) is 6.20 Å². The third-order valence-electron chi connectivity index (χ3n) is 2.83. The average Bonchev–Trinajstić information content (AvgIpc) is 3.12. The van der Waals surface area contributed by atoms with E-state index in [1.807, 2.05) is 5.38 Å². The number of thiazole rings is 1. The summed E-state index contributed by atoms with van der Waals surface area (Å²) in [5.74, 6) is -0.119. The number of anilines is 2. The van der Waals surface area contributed by atoms with Crippen molar-refractivity contribution in [3.63, 3.8) is 0 Å². The van der Waals surface area contributed by atoms with Gasteiger partial charge in [-0.3, -0.25) is 0 Å². The van der Waals surface area contributed by atoms with Gasteiger partial charge in [-0.15, -0.1) is 11.3 Å². The van der Waals surface area contributed by atoms with Crippen LogP contribution in [0.2, 0.25) is 0 Å². The van der Waals surface area contributed by atoms with Crippen molar-refractivity contribution in [2.45, 2.75) is 18.8 Å². The second-order valence-corrected chi connectivity index (χ2v) is 6.11. The number of carbonyl (C=O) groups is 1. The summed E-state index contributed by atoms with van der Waals surface area (Å²) in [5.41, 5.74) is 1.21. The van der Waals surface area contributed by atoms with Crippen LogP contribution in [0.1, 0.15) is 34.8 Å². The highest BCUT2D eigenvalue weighted by Crippen LogP contribution is 2.41. The van der Waals surface area contributed by atoms with Crippen molar-refractivity contribution in [2.24, 2.45) is 0 Å². The van der Waals surface area contributed by atoms with Gasteiger partial charge in [0.1, 0.15) is 11.4 Å². The molecule has 5 nitrogen and oxygen atoms in total. The first-order valence-corrected chi connectivity index (χ1v) is 7.42. The fourth-order valence-corrected chi connectivity index (χ4v) is 2.84. The van der Waals surface area contributed by atoms with E-state index in [0.717, 1.165) is 5.69 Å². The largest absolute Gasteiger partial charge is 0.478 e. The van der Waals surface area contributed by atoms with Gasteiger partial charge in [0.25, 0.3) is 0 Å². The molecule has 98 valence electrons. The van der Waals surface area contributed by atoms with E-state index in [-0.39, 0.29) is 5.56 Å². The second-order valence-electron chi connectivity index (χ2n) is 4.33. The summed E-state index contributed by atoms with van der Waals surface area (Å²) >= 11 is 4.69. The highest BCUT2D eigenvalue weighted by Gasteiger charge is 2.26. The van der Waals surface area contributed by atoms with E-state index in [9.17, 15) is 4.79 Å². The van der Waals surface area contributed by atoms with Crippen LogP contribution >= 0.6 is 27.3 Å². The van der Waals surface area contributed by atoms with Gasteiger partial charge < -0.3 is 10.4 Å². The minimum Gasteiger partial charge on any atom is -0.478 e. The van der Waals surface area contributed by atoms with E-state index in [4.69, 9.17) is 5.11 Å². The molecule has 0 bridgehead atoms. The molecule has 1 saturated carbocycles. The van der Waals surface area contributed by atoms with E-state index in [2.05, 4.69) is 31.2 Å². The Morgan fingerprint density at radius 3 is 3.00 bits per heavy atom. The van der Waals surface area contributed by atoms with Gasteiger partial charge >= 0.3 is 5.97 Å². The minimum atomic E-state index is -1.02. The van der Waals surface area contributed by atoms with E-state index >= 15 is 0 Å². The lowest BCUT2D eigenvalue weighted by Crippen LogP contribution is -2.04. The summed E-state index contributed by atoms with van der Waals surface area (Å²) in [7, 11) is 0. The molecule has 19 heavy (non-hydrogen) atoms. The summed E-state index contributed by atoms with van der Waals surface area (Å²) in [6.45, 7) is 0. The molecule has 2 aromatic rings. The highest BCUT2D eigenvalue weighted by atomic mass is 79.9. The van der Waals surface area contributed by atoms with Crippen molar-refractivity contribution in [1.29, 1.82) is 0 Å². The minimum absolute atomic E-state index is 0.123. The molecule has 0 amide bonds. The number of hydrogen-bond donors (Lipinski definition) is 2. The molecule has 3 rings (SSSR count). The van der Waals surface area contributed by atoms with Crippen LogP contribution < -0.4 is 5.32 Å². The van der Waals surface area contributed by atoms with Crippen LogP contribution in [0.4, 0.5) is 10.9 Å². The highest BCUT2D eigenvalue weighted by molar-refractivity contribution is 9.10. The van der Waals surface area contributed by atoms with Gasteiger partial charge in [-0.1, -0.05) is 0 Å². The number of nitrogens with one attached hydrogen (secondary N) is 1. The molecule has 0 aromatic carbocycles. The van der Waals surface area contributed by atoms with Crippen LogP contribution in [0.5, 0.6) is 0 Å². The molecule has 0 aliphatic heterocycles. The SMILES string of the molecule is O=C(O)c1cc(Br)cnc1Nc1nc(C2CC2)cs1. The summed E-state index contributed by atoms with van der Waals surface area (Å²) in [6.07, 6.45) is 3.95. The predicted octanol–water partition coefficient (Wildman–Crippen LogP) is 3.62. The van der Waals surface area contributed by atoms with Crippen LogP contribution in [0, 0.1) is 0 Å². The molecular weight excluding hydrogens is 330 g/mol. The number of carboxylic acids is 1. The Morgan fingerprint density at radius 2 is 2.32 bits per heavy atom. The monoisotopic (exact) mass is 339 g/mol. The standard InChI is InChI=1S/C12H10BrN3O2S/c13-7-3-8(11(17)18)10(14-4-7)16-12-15-9(5-19-12)6-1-2-6/h3-6H,1-2H2,(H,17,18)(H,14,15,16). The van der Waals surface area contributed by atoms with Gasteiger partial charge in [-0.25, -0.2) is 14.8 Å². The molecule has 2 aromatic heterocycles. The number of halogens is 1. The maximum absolute atomic E-state index is 11.2. The number of carboxylic acid groups (broad SMARTS) is 1. The zero-order valence-corrected chi connectivity index (χ0v) is 12.2. The summed E-state index contributed by atoms with van der Waals surface area (Å²) in [4.78, 5) is 19.7. The molecule has 1 aliphatic carbocycles. The van der Waals surface area contributed by atoms with Gasteiger partial charge in [0, 0.05) is 22.0 Å². The zero-order valence-electron chi connectivity index (χ0n) is 9.76. The van der Waals surface area contributed by atoms with Gasteiger partial charge in [0.05, 0.1) is 5.69 Å². The molecule has 2 N–H and O–H groups in total. The number of nitrogens with zero attached hydrogens (tertiary/aromatic N) is 2. The lowest BCUT2D eigenvalue weighted by Gasteiger charge is -2.05. The molecule has 0 atom stereocenters. The molecule has 2 heterocycles. The Balaban J connectivity index is 1.87. The Labute approximate surface area is 121 Å². The van der Waals surface area contributed by atoms with Crippen molar-refractivity contribution in [3.8, 4) is 0 Å². The second kappa shape index (κ2) is 4.90. The number of hydrogen-bond acceptors (Lipinski definition) is 5. The Kier molecular flexibility index (Phi) is 3.24. The van der Waals surface area contributed by atoms with Gasteiger partial charge in [-0.2, -0.15) is 0 Å². The van der Waals surface area contributed by atoms with Crippen molar-refractivity contribution in [2.75, 3.05) is 5.32 Å². The first-order chi connectivity index (χ1) is 9.13. The predicted molar refractivity (Wildman–Crippen MR) is 76.3 cm³/mol. The Bertz CT molecular complexity index is 640. The molecule has 1 fully saturated rings. The fraction of sp³-hybridized carbons (Fsp3) is 0.250. The van der Waals surface area contributed by atoms with Crippen molar-refractivity contribution in [3.05, 3.63) is 33.4 Å². The maximum atomic E-state index is 11.2. The molecule has 0 saturated heterocycles. The fourth-order valence-electron chi connectivity index (χ4n) is 1.71. The van der Waals surface area contributed by atoms with Crippen molar-refractivity contribution in [1.82, 2.24) is 9.97 Å². The molecule has 7 heteroatoms. The zero-order chi connectivity index (χ0) is 13.4. The lowest BCUT2D eigenvalue weighted by molar-refractivity contribution is 0.0697. The molecule has 1 aliphatic rings. The molecule has 0 spiro atoms. The van der Waals surface area contributed by atoms with E-state index in [1.165, 1.54) is 30.2 Å². The maximum Gasteiger partial charge on any atom is 0.339 e. The smallest absolute Gasteiger partial charge is 0.339 e. The van der Waals surface area contributed by atoms with Gasteiger partial charge in [0.15, 0.2) is 5.13 Å². The molecule has 0 radical (unpaired) electrons. The summed E-state index contributed by atoms with van der Waals surface area (Å²) in [6, 6.07) is 1.52. The number of aromatic nitrogens is 2. The van der Waals surface area contributed by atoms with Crippen LogP contribution in [-0.4, -0.2) is 21.0 Å². The first kappa shape index (κ1) is 12.6. The summed E-state index contributed by atoms with van der Waals surface area (Å²) < 4.78 is 0.633. The first-order valence-electron chi connectivity index (χ1n) is 5.75. The topological polar surface area (TPSA) is 75.1 Å². The van der Waals surface area contributed by atoms with Crippen molar-refractivity contribution >= 4 is 44.2 Å². The van der Waals surface area contributed by atoms with E-state index in [0.29, 0.717) is 21.3 Å². The average molecular weight is 340 g/mol. The van der Waals surface area contributed by atoms with E-state index < -0.39 is 5.97 Å². The number of rotatable bonds is 4. The normalized spacial score (nSPS) is 14.4. The third kappa shape index (κ3) is 2.76. The lowest BCUT2D eigenvalue weighted by atomic mass is 10.2. The number of pyridine rings is 1. The molecular formula is C12H10BrN3O2S. The number of aromatic carboxylic acids is 1. The van der Waals surface area contributed by atoms with Crippen molar-refractivity contribution < 1.29 is 9.90 Å². The van der Waals surface area contributed by atoms with Gasteiger partial charge in [-0.05, 0) is 34.8 Å². The third-order valence-corrected chi connectivity index (χ3v) is 4.04. The Morgan fingerprint density at radius 1 is 1.53 bits per heavy atom. The van der Waals surface area contributed by atoms with Crippen LogP contribution in [0.15, 0.2) is 22.1 Å². The van der Waals surface area contributed by atoms with Crippen LogP contribution in [0.25, 0.3) is 0 Å². The van der Waals surface area contributed by atoms with Crippen LogP contribution in [-0.2, 0) is 0 Å². The molecule has 0 unspecified atom stereocenters. The van der Waals surface area contributed by atoms with Crippen LogP contribution in [0.3, 0.4) is 0 Å². The summed E-state index contributed by atoms with van der Waals surface area (Å²) in [5, 5.41) is 14.8. The van der Waals surface area contributed by atoms with Gasteiger partial charge in [0.2, 0.25) is 0 Å². The Hall–Kier alpha value is -1.47. The quantitative estimate of drug-likeness (QED) is 0.889.